The van der Waals surface area contributed by atoms with Crippen molar-refractivity contribution in [3.8, 4) is 0 Å². The Morgan fingerprint density at radius 2 is 1.76 bits per heavy atom. The molecule has 0 aliphatic rings. The van der Waals surface area contributed by atoms with E-state index < -0.39 is 0 Å². The molecule has 0 aliphatic heterocycles. The number of nitrogens with two attached hydrogens (primary N) is 2. The highest BCUT2D eigenvalue weighted by Crippen LogP contribution is 2.38. The molecule has 92 valence electrons. The van der Waals surface area contributed by atoms with Crippen LogP contribution in [0.2, 0.25) is 0 Å². The molecule has 0 aliphatic carbocycles. The maximum atomic E-state index is 6.12. The topological polar surface area (TPSA) is 52.0 Å². The van der Waals surface area contributed by atoms with E-state index in [9.17, 15) is 0 Å². The minimum atomic E-state index is 0.742. The van der Waals surface area contributed by atoms with E-state index >= 15 is 0 Å². The van der Waals surface area contributed by atoms with Crippen LogP contribution < -0.4 is 11.5 Å². The van der Waals surface area contributed by atoms with Crippen molar-refractivity contribution in [2.24, 2.45) is 0 Å². The van der Waals surface area contributed by atoms with Crippen LogP contribution >= 0.6 is 23.5 Å². The standard InChI is InChI=1S/C13H18N2S2/c1-4-6-16-11-8-10(14)13(17-7-5-2)12(15)9(11)3/h4-5,8H,1-2,6-7,14-15H2,3H3. The Morgan fingerprint density at radius 3 is 2.35 bits per heavy atom. The summed E-state index contributed by atoms with van der Waals surface area (Å²) in [5, 5.41) is 0. The van der Waals surface area contributed by atoms with Gasteiger partial charge in [0.15, 0.2) is 0 Å². The van der Waals surface area contributed by atoms with Gasteiger partial charge in [0, 0.05) is 22.1 Å². The summed E-state index contributed by atoms with van der Waals surface area (Å²) in [4.78, 5) is 2.09. The van der Waals surface area contributed by atoms with Crippen LogP contribution in [0.3, 0.4) is 0 Å². The molecule has 0 radical (unpaired) electrons. The monoisotopic (exact) mass is 266 g/mol. The minimum Gasteiger partial charge on any atom is -0.398 e. The van der Waals surface area contributed by atoms with Crippen molar-refractivity contribution in [2.75, 3.05) is 23.0 Å². The zero-order valence-corrected chi connectivity index (χ0v) is 11.7. The third-order valence-corrected chi connectivity index (χ3v) is 4.55. The third-order valence-electron chi connectivity index (χ3n) is 2.27. The second kappa shape index (κ2) is 6.67. The Balaban J connectivity index is 3.07. The SMILES string of the molecule is C=CCSc1cc(N)c(SCC=C)c(N)c1C. The molecule has 0 atom stereocenters. The highest BCUT2D eigenvalue weighted by Gasteiger charge is 2.11. The van der Waals surface area contributed by atoms with E-state index in [2.05, 4.69) is 13.2 Å². The lowest BCUT2D eigenvalue weighted by Crippen LogP contribution is -2.00. The molecule has 0 unspecified atom stereocenters. The maximum Gasteiger partial charge on any atom is 0.0539 e. The molecule has 0 aromatic heterocycles. The van der Waals surface area contributed by atoms with Gasteiger partial charge in [0.25, 0.3) is 0 Å². The molecule has 4 heteroatoms. The average Bonchev–Trinajstić information content (AvgIpc) is 2.32. The van der Waals surface area contributed by atoms with Crippen molar-refractivity contribution in [3.05, 3.63) is 36.9 Å². The smallest absolute Gasteiger partial charge is 0.0539 e. The lowest BCUT2D eigenvalue weighted by atomic mass is 10.2. The Labute approximate surface area is 112 Å². The Hall–Kier alpha value is -1.00. The van der Waals surface area contributed by atoms with Gasteiger partial charge >= 0.3 is 0 Å². The molecule has 4 N–H and O–H groups in total. The second-order valence-corrected chi connectivity index (χ2v) is 5.62. The fourth-order valence-electron chi connectivity index (χ4n) is 1.38. The Morgan fingerprint density at radius 1 is 1.18 bits per heavy atom. The van der Waals surface area contributed by atoms with Gasteiger partial charge in [0.2, 0.25) is 0 Å². The summed E-state index contributed by atoms with van der Waals surface area (Å²) in [6.07, 6.45) is 3.72. The molecule has 0 bridgehead atoms. The summed E-state index contributed by atoms with van der Waals surface area (Å²) in [5.41, 5.74) is 14.8. The fourth-order valence-corrected chi connectivity index (χ4v) is 3.03. The number of anilines is 2. The molecule has 2 nitrogen and oxygen atoms in total. The van der Waals surface area contributed by atoms with Crippen LogP contribution in [0, 0.1) is 6.92 Å². The first kappa shape index (κ1) is 14.1. The van der Waals surface area contributed by atoms with Gasteiger partial charge in [-0.05, 0) is 18.6 Å². The summed E-state index contributed by atoms with van der Waals surface area (Å²) >= 11 is 3.32. The first-order valence-corrected chi connectivity index (χ1v) is 7.24. The van der Waals surface area contributed by atoms with Gasteiger partial charge in [0.05, 0.1) is 10.6 Å². The maximum absolute atomic E-state index is 6.12. The molecule has 0 saturated heterocycles. The fraction of sp³-hybridized carbons (Fsp3) is 0.231. The lowest BCUT2D eigenvalue weighted by molar-refractivity contribution is 1.25. The van der Waals surface area contributed by atoms with Gasteiger partial charge in [-0.15, -0.1) is 36.7 Å². The van der Waals surface area contributed by atoms with Crippen LogP contribution in [-0.2, 0) is 0 Å². The van der Waals surface area contributed by atoms with Crippen molar-refractivity contribution in [2.45, 2.75) is 16.7 Å². The quantitative estimate of drug-likeness (QED) is 0.468. The number of thioether (sulfide) groups is 2. The first-order chi connectivity index (χ1) is 8.11. The van der Waals surface area contributed by atoms with Crippen LogP contribution in [0.15, 0.2) is 41.2 Å². The van der Waals surface area contributed by atoms with Gasteiger partial charge < -0.3 is 11.5 Å². The molecule has 1 rings (SSSR count). The van der Waals surface area contributed by atoms with E-state index in [1.165, 1.54) is 0 Å². The van der Waals surface area contributed by atoms with Crippen molar-refractivity contribution >= 4 is 34.9 Å². The second-order valence-electron chi connectivity index (χ2n) is 3.53. The number of rotatable bonds is 6. The van der Waals surface area contributed by atoms with Crippen LogP contribution in [-0.4, -0.2) is 11.5 Å². The molecule has 1 aromatic rings. The lowest BCUT2D eigenvalue weighted by Gasteiger charge is -2.14. The van der Waals surface area contributed by atoms with E-state index in [0.717, 1.165) is 38.2 Å². The van der Waals surface area contributed by atoms with E-state index in [0.29, 0.717) is 0 Å². The highest BCUT2D eigenvalue weighted by molar-refractivity contribution is 8.00. The summed E-state index contributed by atoms with van der Waals surface area (Å²) < 4.78 is 0. The number of hydrogen-bond donors (Lipinski definition) is 2. The van der Waals surface area contributed by atoms with Crippen LogP contribution in [0.5, 0.6) is 0 Å². The minimum absolute atomic E-state index is 0.742. The molecular formula is C13H18N2S2. The molecule has 0 heterocycles. The Kier molecular flexibility index (Phi) is 5.51. The van der Waals surface area contributed by atoms with Crippen molar-refractivity contribution in [1.82, 2.24) is 0 Å². The molecule has 17 heavy (non-hydrogen) atoms. The number of benzene rings is 1. The largest absolute Gasteiger partial charge is 0.398 e. The zero-order valence-electron chi connectivity index (χ0n) is 10.0. The van der Waals surface area contributed by atoms with Gasteiger partial charge in [-0.3, -0.25) is 0 Å². The van der Waals surface area contributed by atoms with Gasteiger partial charge in [-0.1, -0.05) is 12.2 Å². The predicted molar refractivity (Wildman–Crippen MR) is 81.8 cm³/mol. The highest BCUT2D eigenvalue weighted by atomic mass is 32.2. The van der Waals surface area contributed by atoms with E-state index in [1.807, 2.05) is 25.1 Å². The number of hydrogen-bond acceptors (Lipinski definition) is 4. The molecular weight excluding hydrogens is 248 g/mol. The van der Waals surface area contributed by atoms with Gasteiger partial charge in [-0.2, -0.15) is 0 Å². The van der Waals surface area contributed by atoms with E-state index in [-0.39, 0.29) is 0 Å². The predicted octanol–water partition coefficient (Wildman–Crippen LogP) is 3.72. The van der Waals surface area contributed by atoms with Crippen molar-refractivity contribution < 1.29 is 0 Å². The number of nitrogen functional groups attached to an aromatic ring is 2. The molecule has 0 saturated carbocycles. The van der Waals surface area contributed by atoms with Crippen molar-refractivity contribution in [1.29, 1.82) is 0 Å². The molecule has 0 fully saturated rings. The molecule has 1 aromatic carbocycles. The summed E-state index contributed by atoms with van der Waals surface area (Å²) in [6.45, 7) is 9.43. The van der Waals surface area contributed by atoms with Crippen LogP contribution in [0.25, 0.3) is 0 Å². The van der Waals surface area contributed by atoms with Crippen LogP contribution in [0.1, 0.15) is 5.56 Å². The van der Waals surface area contributed by atoms with Gasteiger partial charge in [-0.25, -0.2) is 0 Å². The van der Waals surface area contributed by atoms with Crippen LogP contribution in [0.4, 0.5) is 11.4 Å². The third kappa shape index (κ3) is 3.48. The summed E-state index contributed by atoms with van der Waals surface area (Å²) in [5.74, 6) is 1.67. The van der Waals surface area contributed by atoms with Crippen molar-refractivity contribution in [3.63, 3.8) is 0 Å². The first-order valence-electron chi connectivity index (χ1n) is 5.27. The summed E-state index contributed by atoms with van der Waals surface area (Å²) in [6, 6.07) is 1.99. The van der Waals surface area contributed by atoms with Gasteiger partial charge in [0.1, 0.15) is 0 Å². The average molecular weight is 266 g/mol. The van der Waals surface area contributed by atoms with E-state index in [4.69, 9.17) is 11.5 Å². The van der Waals surface area contributed by atoms with E-state index in [1.54, 1.807) is 23.5 Å². The zero-order chi connectivity index (χ0) is 12.8. The normalized spacial score (nSPS) is 10.2. The summed E-state index contributed by atoms with van der Waals surface area (Å²) in [7, 11) is 0. The molecule has 0 spiro atoms. The Bertz CT molecular complexity index is 428. The molecule has 0 amide bonds.